The van der Waals surface area contributed by atoms with E-state index in [9.17, 15) is 4.79 Å². The lowest BCUT2D eigenvalue weighted by atomic mass is 10.2. The summed E-state index contributed by atoms with van der Waals surface area (Å²) in [5, 5.41) is 2.88. The van der Waals surface area contributed by atoms with Crippen LogP contribution < -0.4 is 14.8 Å². The smallest absolute Gasteiger partial charge is 0.246 e. The molecular weight excluding hydrogens is 402 g/mol. The maximum absolute atomic E-state index is 11.8. The van der Waals surface area contributed by atoms with Gasteiger partial charge in [-0.15, -0.1) is 0 Å². The van der Waals surface area contributed by atoms with E-state index in [0.29, 0.717) is 25.1 Å². The van der Waals surface area contributed by atoms with Crippen LogP contribution >= 0.6 is 0 Å². The summed E-state index contributed by atoms with van der Waals surface area (Å²) in [7, 11) is 1.65. The third-order valence-corrected chi connectivity index (χ3v) is 5.09. The van der Waals surface area contributed by atoms with Gasteiger partial charge in [-0.05, 0) is 50.1 Å². The lowest BCUT2D eigenvalue weighted by Crippen LogP contribution is -2.26. The predicted octanol–water partition coefficient (Wildman–Crippen LogP) is 4.78. The van der Waals surface area contributed by atoms with Gasteiger partial charge >= 0.3 is 0 Å². The fraction of sp³-hybridized carbons (Fsp3) is 0.308. The van der Waals surface area contributed by atoms with Gasteiger partial charge in [-0.1, -0.05) is 36.9 Å². The summed E-state index contributed by atoms with van der Waals surface area (Å²) >= 11 is 0. The zero-order valence-corrected chi connectivity index (χ0v) is 19.1. The van der Waals surface area contributed by atoms with E-state index in [0.717, 1.165) is 46.9 Å². The summed E-state index contributed by atoms with van der Waals surface area (Å²) in [6.45, 7) is 9.20. The first-order valence-corrected chi connectivity index (χ1v) is 10.8. The van der Waals surface area contributed by atoms with Gasteiger partial charge in [0, 0.05) is 25.1 Å². The second-order valence-electron chi connectivity index (χ2n) is 7.57. The standard InChI is InChI=1S/C26H31N3O3/c1-5-9-20-12-13-23(24(18-20)31-4)32-17-8-16-29-22-11-7-6-10-21(22)28-25(29)14-15-27-26(30)19(2)3/h5-7,9-13,18H,2,8,14-17H2,1,3-4H3,(H,27,30)/b9-5+. The Morgan fingerprint density at radius 3 is 2.78 bits per heavy atom. The van der Waals surface area contributed by atoms with Gasteiger partial charge in [-0.25, -0.2) is 4.98 Å². The number of allylic oxidation sites excluding steroid dienone is 1. The maximum atomic E-state index is 11.8. The minimum atomic E-state index is -0.129. The van der Waals surface area contributed by atoms with Gasteiger partial charge < -0.3 is 19.4 Å². The van der Waals surface area contributed by atoms with Crippen molar-refractivity contribution in [1.29, 1.82) is 0 Å². The van der Waals surface area contributed by atoms with Gasteiger partial charge in [0.05, 0.1) is 24.8 Å². The highest BCUT2D eigenvalue weighted by atomic mass is 16.5. The molecule has 3 rings (SSSR count). The van der Waals surface area contributed by atoms with Crippen LogP contribution in [0.4, 0.5) is 0 Å². The molecule has 6 heteroatoms. The Hall–Kier alpha value is -3.54. The van der Waals surface area contributed by atoms with Crippen molar-refractivity contribution >= 4 is 23.0 Å². The summed E-state index contributed by atoms with van der Waals surface area (Å²) in [6.07, 6.45) is 5.48. The van der Waals surface area contributed by atoms with Crippen molar-refractivity contribution in [1.82, 2.24) is 14.9 Å². The van der Waals surface area contributed by atoms with Gasteiger partial charge in [0.15, 0.2) is 11.5 Å². The van der Waals surface area contributed by atoms with Crippen molar-refractivity contribution in [3.05, 3.63) is 72.1 Å². The number of para-hydroxylation sites is 2. The zero-order valence-electron chi connectivity index (χ0n) is 19.1. The van der Waals surface area contributed by atoms with Gasteiger partial charge in [0.1, 0.15) is 5.82 Å². The number of ether oxygens (including phenoxy) is 2. The van der Waals surface area contributed by atoms with Gasteiger partial charge in [-0.2, -0.15) is 0 Å². The van der Waals surface area contributed by atoms with Crippen LogP contribution in [0.25, 0.3) is 17.1 Å². The number of nitrogens with zero attached hydrogens (tertiary/aromatic N) is 2. The van der Waals surface area contributed by atoms with Gasteiger partial charge in [0.25, 0.3) is 0 Å². The van der Waals surface area contributed by atoms with E-state index < -0.39 is 0 Å². The number of aryl methyl sites for hydroxylation is 1. The van der Waals surface area contributed by atoms with E-state index in [1.807, 2.05) is 55.5 Å². The van der Waals surface area contributed by atoms with Crippen LogP contribution in [-0.2, 0) is 17.8 Å². The largest absolute Gasteiger partial charge is 0.493 e. The number of carbonyl (C=O) groups excluding carboxylic acids is 1. The summed E-state index contributed by atoms with van der Waals surface area (Å²) in [5.74, 6) is 2.28. The number of amides is 1. The number of imidazole rings is 1. The molecule has 0 spiro atoms. The molecule has 168 valence electrons. The molecule has 6 nitrogen and oxygen atoms in total. The average Bonchev–Trinajstić information content (AvgIpc) is 3.14. The van der Waals surface area contributed by atoms with Gasteiger partial charge in [0.2, 0.25) is 5.91 Å². The summed E-state index contributed by atoms with van der Waals surface area (Å²) in [6, 6.07) is 14.0. The van der Waals surface area contributed by atoms with Gasteiger partial charge in [-0.3, -0.25) is 4.79 Å². The van der Waals surface area contributed by atoms with E-state index in [2.05, 4.69) is 22.5 Å². The molecule has 3 aromatic rings. The molecule has 1 aromatic heterocycles. The monoisotopic (exact) mass is 433 g/mol. The number of rotatable bonds is 11. The molecule has 32 heavy (non-hydrogen) atoms. The number of aromatic nitrogens is 2. The van der Waals surface area contributed by atoms with Crippen molar-refractivity contribution in [2.75, 3.05) is 20.3 Å². The first kappa shape index (κ1) is 23.1. The number of hydrogen-bond acceptors (Lipinski definition) is 4. The highest BCUT2D eigenvalue weighted by Gasteiger charge is 2.11. The van der Waals surface area contributed by atoms with Crippen LogP contribution in [0.2, 0.25) is 0 Å². The topological polar surface area (TPSA) is 65.4 Å². The van der Waals surface area contributed by atoms with Crippen molar-refractivity contribution < 1.29 is 14.3 Å². The quantitative estimate of drug-likeness (QED) is 0.349. The van der Waals surface area contributed by atoms with Crippen LogP contribution in [0, 0.1) is 0 Å². The molecule has 0 atom stereocenters. The Balaban J connectivity index is 1.64. The van der Waals surface area contributed by atoms with Crippen LogP contribution in [0.1, 0.15) is 31.7 Å². The molecule has 1 heterocycles. The van der Waals surface area contributed by atoms with Crippen LogP contribution in [0.15, 0.2) is 60.7 Å². The lowest BCUT2D eigenvalue weighted by molar-refractivity contribution is -0.117. The maximum Gasteiger partial charge on any atom is 0.246 e. The van der Waals surface area contributed by atoms with Crippen molar-refractivity contribution in [3.8, 4) is 11.5 Å². The van der Waals surface area contributed by atoms with Crippen LogP contribution in [0.5, 0.6) is 11.5 Å². The molecule has 0 radical (unpaired) electrons. The minimum absolute atomic E-state index is 0.129. The molecule has 0 bridgehead atoms. The van der Waals surface area contributed by atoms with E-state index in [4.69, 9.17) is 14.5 Å². The molecule has 0 aliphatic heterocycles. The Bertz CT molecular complexity index is 1110. The van der Waals surface area contributed by atoms with E-state index in [-0.39, 0.29) is 5.91 Å². The molecule has 0 aliphatic carbocycles. The molecule has 0 saturated heterocycles. The minimum Gasteiger partial charge on any atom is -0.493 e. The molecule has 1 N–H and O–H groups in total. The molecule has 0 aliphatic rings. The normalized spacial score (nSPS) is 11.1. The molecule has 0 fully saturated rings. The number of methoxy groups -OCH3 is 1. The Labute approximate surface area is 189 Å². The number of benzene rings is 2. The van der Waals surface area contributed by atoms with E-state index >= 15 is 0 Å². The molecule has 0 saturated carbocycles. The Morgan fingerprint density at radius 1 is 1.22 bits per heavy atom. The molecular formula is C26H31N3O3. The first-order chi connectivity index (χ1) is 15.5. The summed E-state index contributed by atoms with van der Waals surface area (Å²) in [5.41, 5.74) is 3.62. The van der Waals surface area contributed by atoms with Crippen LogP contribution in [0.3, 0.4) is 0 Å². The molecule has 0 unspecified atom stereocenters. The summed E-state index contributed by atoms with van der Waals surface area (Å²) < 4.78 is 13.7. The fourth-order valence-electron chi connectivity index (χ4n) is 3.51. The van der Waals surface area contributed by atoms with Crippen LogP contribution in [-0.4, -0.2) is 35.7 Å². The fourth-order valence-corrected chi connectivity index (χ4v) is 3.51. The Kier molecular flexibility index (Phi) is 8.08. The molecule has 1 amide bonds. The Morgan fingerprint density at radius 2 is 2.03 bits per heavy atom. The summed E-state index contributed by atoms with van der Waals surface area (Å²) in [4.78, 5) is 16.5. The van der Waals surface area contributed by atoms with E-state index in [1.165, 1.54) is 0 Å². The third kappa shape index (κ3) is 5.78. The highest BCUT2D eigenvalue weighted by molar-refractivity contribution is 5.92. The first-order valence-electron chi connectivity index (χ1n) is 10.8. The van der Waals surface area contributed by atoms with Crippen molar-refractivity contribution in [2.24, 2.45) is 0 Å². The second kappa shape index (κ2) is 11.2. The highest BCUT2D eigenvalue weighted by Crippen LogP contribution is 2.28. The number of nitrogens with one attached hydrogen (secondary N) is 1. The van der Waals surface area contributed by atoms with Crippen molar-refractivity contribution in [3.63, 3.8) is 0 Å². The number of fused-ring (bicyclic) bond motifs is 1. The number of carbonyl (C=O) groups is 1. The molecule has 2 aromatic carbocycles. The SMILES string of the molecule is C=C(C)C(=O)NCCc1nc2ccccc2n1CCCOc1ccc(/C=C/C)cc1OC. The third-order valence-electron chi connectivity index (χ3n) is 5.09. The average molecular weight is 434 g/mol. The van der Waals surface area contributed by atoms with Crippen molar-refractivity contribution in [2.45, 2.75) is 33.2 Å². The predicted molar refractivity (Wildman–Crippen MR) is 129 cm³/mol. The lowest BCUT2D eigenvalue weighted by Gasteiger charge is -2.13. The van der Waals surface area contributed by atoms with E-state index in [1.54, 1.807) is 14.0 Å². The number of hydrogen-bond donors (Lipinski definition) is 1. The zero-order chi connectivity index (χ0) is 22.9. The second-order valence-corrected chi connectivity index (χ2v) is 7.57.